The summed E-state index contributed by atoms with van der Waals surface area (Å²) >= 11 is 6.08. The maximum Gasteiger partial charge on any atom is 0.123 e. The molecule has 0 spiro atoms. The third kappa shape index (κ3) is 4.11. The molecule has 20 heavy (non-hydrogen) atoms. The van der Waals surface area contributed by atoms with Crippen molar-refractivity contribution in [2.45, 2.75) is 39.3 Å². The van der Waals surface area contributed by atoms with Crippen molar-refractivity contribution in [3.8, 4) is 5.75 Å². The fourth-order valence-electron chi connectivity index (χ4n) is 2.90. The summed E-state index contributed by atoms with van der Waals surface area (Å²) in [5, 5.41) is 4.32. The van der Waals surface area contributed by atoms with Crippen LogP contribution in [0.15, 0.2) is 18.2 Å². The molecule has 1 N–H and O–H groups in total. The lowest BCUT2D eigenvalue weighted by molar-refractivity contribution is 0.259. The number of hydrogen-bond donors (Lipinski definition) is 1. The minimum atomic E-state index is 0.676. The molecule has 0 saturated carbocycles. The Kier molecular flexibility index (Phi) is 6.14. The molecule has 0 aliphatic carbocycles. The van der Waals surface area contributed by atoms with Crippen molar-refractivity contribution in [1.29, 1.82) is 0 Å². The quantitative estimate of drug-likeness (QED) is 0.835. The lowest BCUT2D eigenvalue weighted by Crippen LogP contribution is -2.37. The molecular formula is C16H25ClN2O. The van der Waals surface area contributed by atoms with Crippen molar-refractivity contribution in [3.05, 3.63) is 28.8 Å². The van der Waals surface area contributed by atoms with Gasteiger partial charge in [0, 0.05) is 29.7 Å². The van der Waals surface area contributed by atoms with E-state index in [0.29, 0.717) is 12.6 Å². The van der Waals surface area contributed by atoms with E-state index in [-0.39, 0.29) is 0 Å². The largest absolute Gasteiger partial charge is 0.494 e. The van der Waals surface area contributed by atoms with E-state index in [9.17, 15) is 0 Å². The lowest BCUT2D eigenvalue weighted by Gasteiger charge is -2.23. The van der Waals surface area contributed by atoms with E-state index in [1.165, 1.54) is 19.4 Å². The monoisotopic (exact) mass is 296 g/mol. The second-order valence-electron chi connectivity index (χ2n) is 5.24. The molecule has 4 heteroatoms. The number of hydrogen-bond acceptors (Lipinski definition) is 3. The molecule has 0 aromatic heterocycles. The van der Waals surface area contributed by atoms with E-state index in [2.05, 4.69) is 17.1 Å². The zero-order valence-electron chi connectivity index (χ0n) is 12.5. The second-order valence-corrected chi connectivity index (χ2v) is 5.68. The highest BCUT2D eigenvalue weighted by Crippen LogP contribution is 2.23. The third-order valence-electron chi connectivity index (χ3n) is 3.92. The number of likely N-dealkylation sites (N-methyl/N-ethyl adjacent to an activating group) is 1. The topological polar surface area (TPSA) is 24.5 Å². The molecule has 1 unspecified atom stereocenters. The fourth-order valence-corrected chi connectivity index (χ4v) is 3.09. The van der Waals surface area contributed by atoms with E-state index in [0.717, 1.165) is 36.0 Å². The standard InChI is InChI=1S/C16H25ClN2O/c1-3-19-9-5-6-15(19)12-18-11-13-10-14(17)7-8-16(13)20-4-2/h7-8,10,15,18H,3-6,9,11-12H2,1-2H3. The fraction of sp³-hybridized carbons (Fsp3) is 0.625. The summed E-state index contributed by atoms with van der Waals surface area (Å²) in [4.78, 5) is 2.55. The van der Waals surface area contributed by atoms with Gasteiger partial charge in [0.25, 0.3) is 0 Å². The smallest absolute Gasteiger partial charge is 0.123 e. The lowest BCUT2D eigenvalue weighted by atomic mass is 10.1. The Morgan fingerprint density at radius 3 is 3.00 bits per heavy atom. The van der Waals surface area contributed by atoms with Crippen LogP contribution >= 0.6 is 11.6 Å². The van der Waals surface area contributed by atoms with E-state index < -0.39 is 0 Å². The first-order valence-corrected chi connectivity index (χ1v) is 7.98. The van der Waals surface area contributed by atoms with Gasteiger partial charge in [0.2, 0.25) is 0 Å². The first kappa shape index (κ1) is 15.6. The first-order chi connectivity index (χ1) is 9.74. The van der Waals surface area contributed by atoms with Crippen LogP contribution in [0.25, 0.3) is 0 Å². The number of rotatable bonds is 7. The van der Waals surface area contributed by atoms with Gasteiger partial charge in [0.05, 0.1) is 6.61 Å². The second kappa shape index (κ2) is 7.87. The molecule has 1 atom stereocenters. The number of halogens is 1. The molecule has 112 valence electrons. The number of benzene rings is 1. The summed E-state index contributed by atoms with van der Waals surface area (Å²) in [5.74, 6) is 0.933. The highest BCUT2D eigenvalue weighted by Gasteiger charge is 2.22. The maximum absolute atomic E-state index is 6.08. The molecule has 1 aromatic rings. The van der Waals surface area contributed by atoms with Crippen LogP contribution in [0.5, 0.6) is 5.75 Å². The predicted octanol–water partition coefficient (Wildman–Crippen LogP) is 3.31. The van der Waals surface area contributed by atoms with Crippen LogP contribution in [-0.2, 0) is 6.54 Å². The Labute approximate surface area is 127 Å². The van der Waals surface area contributed by atoms with Crippen LogP contribution in [0.3, 0.4) is 0 Å². The maximum atomic E-state index is 6.08. The Morgan fingerprint density at radius 1 is 1.40 bits per heavy atom. The summed E-state index contributed by atoms with van der Waals surface area (Å²) in [6.45, 7) is 9.15. The van der Waals surface area contributed by atoms with Crippen molar-refractivity contribution in [2.75, 3.05) is 26.2 Å². The van der Waals surface area contributed by atoms with Crippen molar-refractivity contribution in [1.82, 2.24) is 10.2 Å². The van der Waals surface area contributed by atoms with Crippen LogP contribution < -0.4 is 10.1 Å². The van der Waals surface area contributed by atoms with Gasteiger partial charge in [-0.05, 0) is 51.1 Å². The van der Waals surface area contributed by atoms with Crippen molar-refractivity contribution in [2.24, 2.45) is 0 Å². The van der Waals surface area contributed by atoms with Crippen molar-refractivity contribution in [3.63, 3.8) is 0 Å². The summed E-state index contributed by atoms with van der Waals surface area (Å²) in [6.07, 6.45) is 2.62. The predicted molar refractivity (Wildman–Crippen MR) is 84.6 cm³/mol. The van der Waals surface area contributed by atoms with Gasteiger partial charge in [-0.3, -0.25) is 4.90 Å². The summed E-state index contributed by atoms with van der Waals surface area (Å²) in [5.41, 5.74) is 1.14. The molecule has 0 radical (unpaired) electrons. The summed E-state index contributed by atoms with van der Waals surface area (Å²) in [7, 11) is 0. The molecule has 1 saturated heterocycles. The molecular weight excluding hydrogens is 272 g/mol. The Morgan fingerprint density at radius 2 is 2.25 bits per heavy atom. The third-order valence-corrected chi connectivity index (χ3v) is 4.16. The van der Waals surface area contributed by atoms with E-state index in [4.69, 9.17) is 16.3 Å². The molecule has 1 aromatic carbocycles. The van der Waals surface area contributed by atoms with Gasteiger partial charge in [0.15, 0.2) is 0 Å². The van der Waals surface area contributed by atoms with Gasteiger partial charge >= 0.3 is 0 Å². The number of likely N-dealkylation sites (tertiary alicyclic amines) is 1. The molecule has 0 amide bonds. The minimum absolute atomic E-state index is 0.676. The van der Waals surface area contributed by atoms with Crippen LogP contribution in [0.2, 0.25) is 5.02 Å². The van der Waals surface area contributed by atoms with Gasteiger partial charge in [-0.2, -0.15) is 0 Å². The van der Waals surface area contributed by atoms with Crippen LogP contribution in [-0.4, -0.2) is 37.2 Å². The SMILES string of the molecule is CCOc1ccc(Cl)cc1CNCC1CCCN1CC. The normalized spacial score (nSPS) is 19.4. The summed E-state index contributed by atoms with van der Waals surface area (Å²) < 4.78 is 5.65. The van der Waals surface area contributed by atoms with Gasteiger partial charge in [-0.1, -0.05) is 18.5 Å². The van der Waals surface area contributed by atoms with Gasteiger partial charge in [-0.25, -0.2) is 0 Å². The molecule has 1 aliphatic heterocycles. The highest BCUT2D eigenvalue weighted by atomic mass is 35.5. The van der Waals surface area contributed by atoms with Gasteiger partial charge in [0.1, 0.15) is 5.75 Å². The van der Waals surface area contributed by atoms with E-state index in [1.54, 1.807) is 0 Å². The van der Waals surface area contributed by atoms with E-state index in [1.807, 2.05) is 25.1 Å². The van der Waals surface area contributed by atoms with Crippen LogP contribution in [0, 0.1) is 0 Å². The van der Waals surface area contributed by atoms with Crippen LogP contribution in [0.4, 0.5) is 0 Å². The van der Waals surface area contributed by atoms with Gasteiger partial charge < -0.3 is 10.1 Å². The zero-order valence-corrected chi connectivity index (χ0v) is 13.2. The zero-order chi connectivity index (χ0) is 14.4. The highest BCUT2D eigenvalue weighted by molar-refractivity contribution is 6.30. The number of nitrogens with one attached hydrogen (secondary N) is 1. The molecule has 1 heterocycles. The average molecular weight is 297 g/mol. The first-order valence-electron chi connectivity index (χ1n) is 7.60. The Hall–Kier alpha value is -0.770. The Bertz CT molecular complexity index is 425. The van der Waals surface area contributed by atoms with E-state index >= 15 is 0 Å². The molecule has 2 rings (SSSR count). The summed E-state index contributed by atoms with van der Waals surface area (Å²) in [6, 6.07) is 6.50. The number of ether oxygens (including phenoxy) is 1. The molecule has 0 bridgehead atoms. The Balaban J connectivity index is 1.88. The van der Waals surface area contributed by atoms with Crippen molar-refractivity contribution < 1.29 is 4.74 Å². The molecule has 3 nitrogen and oxygen atoms in total. The van der Waals surface area contributed by atoms with Crippen molar-refractivity contribution >= 4 is 11.6 Å². The molecule has 1 aliphatic rings. The average Bonchev–Trinajstić information content (AvgIpc) is 2.89. The van der Waals surface area contributed by atoms with Gasteiger partial charge in [-0.15, -0.1) is 0 Å². The van der Waals surface area contributed by atoms with Crippen LogP contribution in [0.1, 0.15) is 32.3 Å². The number of nitrogens with zero attached hydrogens (tertiary/aromatic N) is 1. The minimum Gasteiger partial charge on any atom is -0.494 e. The molecule has 1 fully saturated rings.